The summed E-state index contributed by atoms with van der Waals surface area (Å²) in [6, 6.07) is 21.0. The number of aryl methyl sites for hydroxylation is 1. The molecule has 0 spiro atoms. The van der Waals surface area contributed by atoms with Gasteiger partial charge in [-0.3, -0.25) is 0 Å². The van der Waals surface area contributed by atoms with Crippen LogP contribution in [0.25, 0.3) is 11.1 Å². The molecule has 1 amide bonds. The van der Waals surface area contributed by atoms with Crippen molar-refractivity contribution < 1.29 is 24.2 Å². The highest BCUT2D eigenvalue weighted by atomic mass is 16.5. The first-order chi connectivity index (χ1) is 16.0. The average Bonchev–Trinajstić information content (AvgIpc) is 3.35. The predicted molar refractivity (Wildman–Crippen MR) is 124 cm³/mol. The van der Waals surface area contributed by atoms with E-state index in [4.69, 9.17) is 9.47 Å². The van der Waals surface area contributed by atoms with Gasteiger partial charge in [-0.15, -0.1) is 0 Å². The first-order valence-corrected chi connectivity index (χ1v) is 11.1. The fourth-order valence-electron chi connectivity index (χ4n) is 4.85. The summed E-state index contributed by atoms with van der Waals surface area (Å²) in [6.07, 6.45) is -0.271. The zero-order valence-corrected chi connectivity index (χ0v) is 18.3. The Morgan fingerprint density at radius 1 is 1.06 bits per heavy atom. The highest BCUT2D eigenvalue weighted by molar-refractivity contribution is 5.81. The summed E-state index contributed by atoms with van der Waals surface area (Å²) in [5.74, 6) is -0.419. The number of carboxylic acid groups (broad SMARTS) is 1. The van der Waals surface area contributed by atoms with Crippen LogP contribution < -0.4 is 10.1 Å². The van der Waals surface area contributed by atoms with Gasteiger partial charge in [-0.25, -0.2) is 9.59 Å². The van der Waals surface area contributed by atoms with Crippen molar-refractivity contribution in [3.63, 3.8) is 0 Å². The highest BCUT2D eigenvalue weighted by Crippen LogP contribution is 2.44. The lowest BCUT2D eigenvalue weighted by atomic mass is 9.98. The summed E-state index contributed by atoms with van der Waals surface area (Å²) in [6.45, 7) is 2.14. The Labute approximate surface area is 192 Å². The number of carboxylic acids is 1. The van der Waals surface area contributed by atoms with Crippen LogP contribution in [0.1, 0.15) is 34.6 Å². The predicted octanol–water partition coefficient (Wildman–Crippen LogP) is 4.68. The SMILES string of the molecule is Cc1ccc2c(c1)CC(CC(NC(=O)OCC1c3ccccc3-c3ccccc31)C(=O)O)O2. The van der Waals surface area contributed by atoms with Crippen molar-refractivity contribution in [3.05, 3.63) is 89.0 Å². The number of hydrogen-bond acceptors (Lipinski definition) is 4. The van der Waals surface area contributed by atoms with E-state index in [-0.39, 0.29) is 25.0 Å². The third-order valence-corrected chi connectivity index (χ3v) is 6.39. The molecule has 0 aromatic heterocycles. The molecule has 1 aliphatic carbocycles. The van der Waals surface area contributed by atoms with Gasteiger partial charge in [-0.1, -0.05) is 66.2 Å². The lowest BCUT2D eigenvalue weighted by Gasteiger charge is -2.19. The smallest absolute Gasteiger partial charge is 0.407 e. The quantitative estimate of drug-likeness (QED) is 0.578. The van der Waals surface area contributed by atoms with Crippen molar-refractivity contribution in [1.29, 1.82) is 0 Å². The number of aliphatic carboxylic acids is 1. The highest BCUT2D eigenvalue weighted by Gasteiger charge is 2.32. The van der Waals surface area contributed by atoms with Crippen LogP contribution in [0.2, 0.25) is 0 Å². The Hall–Kier alpha value is -3.80. The second-order valence-corrected chi connectivity index (χ2v) is 8.65. The molecule has 3 aromatic carbocycles. The summed E-state index contributed by atoms with van der Waals surface area (Å²) in [5.41, 5.74) is 6.68. The van der Waals surface area contributed by atoms with Crippen molar-refractivity contribution in [3.8, 4) is 16.9 Å². The first kappa shape index (κ1) is 21.1. The van der Waals surface area contributed by atoms with Gasteiger partial charge in [0.15, 0.2) is 0 Å². The standard InChI is InChI=1S/C27H25NO5/c1-16-10-11-25-17(12-16)13-18(33-25)14-24(26(29)30)28-27(31)32-15-23-21-8-4-2-6-19(21)20-7-3-5-9-22(20)23/h2-12,18,23-24H,13-15H2,1H3,(H,28,31)(H,29,30). The second-order valence-electron chi connectivity index (χ2n) is 8.65. The molecule has 5 rings (SSSR count). The van der Waals surface area contributed by atoms with E-state index in [0.717, 1.165) is 39.1 Å². The Morgan fingerprint density at radius 2 is 1.73 bits per heavy atom. The van der Waals surface area contributed by atoms with Crippen LogP contribution in [-0.2, 0) is 16.0 Å². The van der Waals surface area contributed by atoms with Gasteiger partial charge in [0.1, 0.15) is 24.5 Å². The van der Waals surface area contributed by atoms with Gasteiger partial charge in [0.2, 0.25) is 0 Å². The minimum absolute atomic E-state index is 0.0812. The Balaban J connectivity index is 1.22. The van der Waals surface area contributed by atoms with Crippen LogP contribution in [0, 0.1) is 6.92 Å². The lowest BCUT2D eigenvalue weighted by molar-refractivity contribution is -0.140. The molecule has 0 fully saturated rings. The van der Waals surface area contributed by atoms with Crippen molar-refractivity contribution >= 4 is 12.1 Å². The van der Waals surface area contributed by atoms with Gasteiger partial charge in [0, 0.05) is 18.8 Å². The van der Waals surface area contributed by atoms with E-state index >= 15 is 0 Å². The number of hydrogen-bond donors (Lipinski definition) is 2. The third kappa shape index (κ3) is 4.16. The van der Waals surface area contributed by atoms with Crippen LogP contribution in [-0.4, -0.2) is 35.9 Å². The number of benzene rings is 3. The van der Waals surface area contributed by atoms with E-state index in [9.17, 15) is 14.7 Å². The molecule has 3 aromatic rings. The second kappa shape index (κ2) is 8.62. The maximum absolute atomic E-state index is 12.5. The fraction of sp³-hybridized carbons (Fsp3) is 0.259. The van der Waals surface area contributed by atoms with Crippen molar-refractivity contribution in [2.24, 2.45) is 0 Å². The van der Waals surface area contributed by atoms with E-state index in [1.54, 1.807) is 0 Å². The molecule has 33 heavy (non-hydrogen) atoms. The molecule has 0 radical (unpaired) electrons. The topological polar surface area (TPSA) is 84.9 Å². The van der Waals surface area contributed by atoms with Gasteiger partial charge in [0.25, 0.3) is 0 Å². The summed E-state index contributed by atoms with van der Waals surface area (Å²) < 4.78 is 11.4. The number of amides is 1. The van der Waals surface area contributed by atoms with Gasteiger partial charge in [-0.2, -0.15) is 0 Å². The molecular formula is C27H25NO5. The van der Waals surface area contributed by atoms with Crippen LogP contribution in [0.3, 0.4) is 0 Å². The molecule has 2 N–H and O–H groups in total. The molecule has 0 bridgehead atoms. The van der Waals surface area contributed by atoms with Crippen LogP contribution in [0.5, 0.6) is 5.75 Å². The molecular weight excluding hydrogens is 418 g/mol. The van der Waals surface area contributed by atoms with E-state index in [0.29, 0.717) is 6.42 Å². The summed E-state index contributed by atoms with van der Waals surface area (Å²) in [7, 11) is 0. The number of nitrogens with one attached hydrogen (secondary N) is 1. The van der Waals surface area contributed by atoms with Gasteiger partial charge in [0.05, 0.1) is 0 Å². The van der Waals surface area contributed by atoms with Crippen molar-refractivity contribution in [1.82, 2.24) is 5.32 Å². The maximum Gasteiger partial charge on any atom is 0.407 e. The molecule has 1 aliphatic heterocycles. The largest absolute Gasteiger partial charge is 0.490 e. The normalized spacial score (nSPS) is 16.8. The van der Waals surface area contributed by atoms with E-state index in [1.165, 1.54) is 0 Å². The molecule has 0 saturated carbocycles. The first-order valence-electron chi connectivity index (χ1n) is 11.1. The molecule has 2 unspecified atom stereocenters. The number of carbonyl (C=O) groups is 2. The van der Waals surface area contributed by atoms with E-state index in [2.05, 4.69) is 17.4 Å². The summed E-state index contributed by atoms with van der Waals surface area (Å²) >= 11 is 0. The number of ether oxygens (including phenoxy) is 2. The summed E-state index contributed by atoms with van der Waals surface area (Å²) in [4.78, 5) is 24.3. The molecule has 2 atom stereocenters. The average molecular weight is 443 g/mol. The van der Waals surface area contributed by atoms with E-state index in [1.807, 2.05) is 61.5 Å². The van der Waals surface area contributed by atoms with Crippen molar-refractivity contribution in [2.45, 2.75) is 37.8 Å². The van der Waals surface area contributed by atoms with Gasteiger partial charge in [-0.05, 0) is 40.8 Å². The number of fused-ring (bicyclic) bond motifs is 4. The maximum atomic E-state index is 12.5. The number of carbonyl (C=O) groups excluding carboxylic acids is 1. The molecule has 6 heteroatoms. The van der Waals surface area contributed by atoms with Crippen LogP contribution in [0.15, 0.2) is 66.7 Å². The van der Waals surface area contributed by atoms with Crippen LogP contribution >= 0.6 is 0 Å². The summed E-state index contributed by atoms with van der Waals surface area (Å²) in [5, 5.41) is 12.2. The molecule has 1 heterocycles. The minimum atomic E-state index is -1.11. The molecule has 168 valence electrons. The Kier molecular flexibility index (Phi) is 5.50. The third-order valence-electron chi connectivity index (χ3n) is 6.39. The fourth-order valence-corrected chi connectivity index (χ4v) is 4.85. The van der Waals surface area contributed by atoms with Crippen LogP contribution in [0.4, 0.5) is 4.79 Å². The Morgan fingerprint density at radius 3 is 2.39 bits per heavy atom. The Bertz CT molecular complexity index is 1180. The zero-order chi connectivity index (χ0) is 22.9. The number of alkyl carbamates (subject to hydrolysis) is 1. The number of rotatable bonds is 6. The van der Waals surface area contributed by atoms with Gasteiger partial charge >= 0.3 is 12.1 Å². The zero-order valence-electron chi connectivity index (χ0n) is 18.3. The lowest BCUT2D eigenvalue weighted by Crippen LogP contribution is -2.44. The molecule has 6 nitrogen and oxygen atoms in total. The van der Waals surface area contributed by atoms with Gasteiger partial charge < -0.3 is 19.9 Å². The molecule has 0 saturated heterocycles. The van der Waals surface area contributed by atoms with Crippen molar-refractivity contribution in [2.75, 3.05) is 6.61 Å². The minimum Gasteiger partial charge on any atom is -0.490 e. The van der Waals surface area contributed by atoms with E-state index < -0.39 is 18.1 Å². The molecule has 2 aliphatic rings. The monoisotopic (exact) mass is 443 g/mol.